The Kier molecular flexibility index (Phi) is 5.19. The van der Waals surface area contributed by atoms with Crippen molar-refractivity contribution in [2.24, 2.45) is 0 Å². The van der Waals surface area contributed by atoms with Gasteiger partial charge in [0.05, 0.1) is 6.61 Å². The molecule has 0 radical (unpaired) electrons. The lowest BCUT2D eigenvalue weighted by atomic mass is 9.98. The topological polar surface area (TPSA) is 21.3 Å². The summed E-state index contributed by atoms with van der Waals surface area (Å²) in [6.45, 7) is 8.93. The second-order valence-corrected chi connectivity index (χ2v) is 4.89. The normalized spacial score (nSPS) is 10.6. The third-order valence-corrected chi connectivity index (χ3v) is 3.35. The van der Waals surface area contributed by atoms with Crippen molar-refractivity contribution in [2.75, 3.05) is 13.2 Å². The van der Waals surface area contributed by atoms with Crippen LogP contribution in [0.4, 0.5) is 0 Å². The van der Waals surface area contributed by atoms with E-state index >= 15 is 0 Å². The fourth-order valence-corrected chi connectivity index (χ4v) is 2.33. The summed E-state index contributed by atoms with van der Waals surface area (Å²) in [7, 11) is 0. The zero-order valence-electron chi connectivity index (χ0n) is 12.6. The molecule has 0 spiro atoms. The van der Waals surface area contributed by atoms with Gasteiger partial charge in [-0.05, 0) is 54.8 Å². The summed E-state index contributed by atoms with van der Waals surface area (Å²) in [6, 6.07) is 15.0. The third kappa shape index (κ3) is 3.61. The molecule has 2 nitrogen and oxygen atoms in total. The van der Waals surface area contributed by atoms with Crippen LogP contribution in [0, 0.1) is 6.92 Å². The van der Waals surface area contributed by atoms with Crippen molar-refractivity contribution in [1.29, 1.82) is 0 Å². The number of aryl methyl sites for hydroxylation is 1. The van der Waals surface area contributed by atoms with Crippen LogP contribution in [0.3, 0.4) is 0 Å². The molecule has 0 aromatic heterocycles. The molecule has 2 heteroatoms. The molecule has 0 aliphatic carbocycles. The highest BCUT2D eigenvalue weighted by Gasteiger charge is 2.03. The van der Waals surface area contributed by atoms with Gasteiger partial charge in [-0.2, -0.15) is 0 Å². The van der Waals surface area contributed by atoms with E-state index in [2.05, 4.69) is 49.5 Å². The van der Waals surface area contributed by atoms with Gasteiger partial charge in [-0.25, -0.2) is 0 Å². The molecular formula is C18H23NO. The van der Waals surface area contributed by atoms with Gasteiger partial charge in [0.2, 0.25) is 0 Å². The molecule has 106 valence electrons. The SMILES string of the molecule is CCNCc1ccc(-c2ccc(OCC)cc2)c(C)c1. The van der Waals surface area contributed by atoms with E-state index in [9.17, 15) is 0 Å². The van der Waals surface area contributed by atoms with Crippen molar-refractivity contribution in [3.8, 4) is 16.9 Å². The highest BCUT2D eigenvalue weighted by molar-refractivity contribution is 5.68. The average Bonchev–Trinajstić information content (AvgIpc) is 2.47. The van der Waals surface area contributed by atoms with Gasteiger partial charge in [0.1, 0.15) is 5.75 Å². The highest BCUT2D eigenvalue weighted by Crippen LogP contribution is 2.26. The van der Waals surface area contributed by atoms with Crippen LogP contribution in [-0.2, 0) is 6.54 Å². The van der Waals surface area contributed by atoms with Crippen LogP contribution < -0.4 is 10.1 Å². The van der Waals surface area contributed by atoms with Crippen LogP contribution in [0.25, 0.3) is 11.1 Å². The number of nitrogens with one attached hydrogen (secondary N) is 1. The predicted molar refractivity (Wildman–Crippen MR) is 85.2 cm³/mol. The Bertz CT molecular complexity index is 546. The number of hydrogen-bond acceptors (Lipinski definition) is 2. The summed E-state index contributed by atoms with van der Waals surface area (Å²) < 4.78 is 5.48. The summed E-state index contributed by atoms with van der Waals surface area (Å²) in [5, 5.41) is 3.36. The van der Waals surface area contributed by atoms with E-state index in [0.29, 0.717) is 6.61 Å². The van der Waals surface area contributed by atoms with Crippen LogP contribution in [0.1, 0.15) is 25.0 Å². The van der Waals surface area contributed by atoms with Crippen molar-refractivity contribution < 1.29 is 4.74 Å². The zero-order valence-corrected chi connectivity index (χ0v) is 12.6. The Morgan fingerprint density at radius 3 is 2.35 bits per heavy atom. The maximum absolute atomic E-state index is 5.48. The molecule has 0 saturated carbocycles. The highest BCUT2D eigenvalue weighted by atomic mass is 16.5. The first-order chi connectivity index (χ1) is 9.74. The van der Waals surface area contributed by atoms with Gasteiger partial charge in [0.15, 0.2) is 0 Å². The molecular weight excluding hydrogens is 246 g/mol. The van der Waals surface area contributed by atoms with Crippen molar-refractivity contribution in [1.82, 2.24) is 5.32 Å². The average molecular weight is 269 g/mol. The van der Waals surface area contributed by atoms with E-state index in [4.69, 9.17) is 4.74 Å². The quantitative estimate of drug-likeness (QED) is 0.849. The minimum atomic E-state index is 0.706. The smallest absolute Gasteiger partial charge is 0.119 e. The van der Waals surface area contributed by atoms with Crippen LogP contribution in [-0.4, -0.2) is 13.2 Å². The van der Waals surface area contributed by atoms with Crippen molar-refractivity contribution in [2.45, 2.75) is 27.3 Å². The first-order valence-corrected chi connectivity index (χ1v) is 7.28. The molecule has 0 bridgehead atoms. The van der Waals surface area contributed by atoms with Gasteiger partial charge in [-0.1, -0.05) is 37.3 Å². The lowest BCUT2D eigenvalue weighted by Crippen LogP contribution is -2.11. The summed E-state index contributed by atoms with van der Waals surface area (Å²) in [6.07, 6.45) is 0. The Hall–Kier alpha value is -1.80. The number of ether oxygens (including phenoxy) is 1. The first-order valence-electron chi connectivity index (χ1n) is 7.28. The molecule has 0 aliphatic heterocycles. The first kappa shape index (κ1) is 14.6. The van der Waals surface area contributed by atoms with Crippen LogP contribution >= 0.6 is 0 Å². The van der Waals surface area contributed by atoms with Gasteiger partial charge >= 0.3 is 0 Å². The van der Waals surface area contributed by atoms with Gasteiger partial charge in [0, 0.05) is 6.54 Å². The third-order valence-electron chi connectivity index (χ3n) is 3.35. The molecule has 0 saturated heterocycles. The van der Waals surface area contributed by atoms with Crippen LogP contribution in [0.15, 0.2) is 42.5 Å². The lowest BCUT2D eigenvalue weighted by molar-refractivity contribution is 0.340. The molecule has 2 aromatic carbocycles. The molecule has 0 heterocycles. The summed E-state index contributed by atoms with van der Waals surface area (Å²) >= 11 is 0. The second-order valence-electron chi connectivity index (χ2n) is 4.89. The molecule has 2 aromatic rings. The fourth-order valence-electron chi connectivity index (χ4n) is 2.33. The van der Waals surface area contributed by atoms with Gasteiger partial charge in [0.25, 0.3) is 0 Å². The lowest BCUT2D eigenvalue weighted by Gasteiger charge is -2.10. The Morgan fingerprint density at radius 1 is 1.00 bits per heavy atom. The monoisotopic (exact) mass is 269 g/mol. The minimum Gasteiger partial charge on any atom is -0.494 e. The molecule has 0 fully saturated rings. The predicted octanol–water partition coefficient (Wildman–Crippen LogP) is 4.17. The van der Waals surface area contributed by atoms with Crippen LogP contribution in [0.2, 0.25) is 0 Å². The maximum atomic E-state index is 5.48. The van der Waals surface area contributed by atoms with Gasteiger partial charge in [-0.3, -0.25) is 0 Å². The van der Waals surface area contributed by atoms with Crippen molar-refractivity contribution >= 4 is 0 Å². The molecule has 0 atom stereocenters. The molecule has 20 heavy (non-hydrogen) atoms. The standard InChI is InChI=1S/C18H23NO/c1-4-19-13-15-6-11-18(14(3)12-15)16-7-9-17(10-8-16)20-5-2/h6-12,19H,4-5,13H2,1-3H3. The molecule has 2 rings (SSSR count). The van der Waals surface area contributed by atoms with E-state index in [1.54, 1.807) is 0 Å². The Labute approximate surface area is 121 Å². The van der Waals surface area contributed by atoms with Gasteiger partial charge < -0.3 is 10.1 Å². The van der Waals surface area contributed by atoms with E-state index in [1.165, 1.54) is 22.3 Å². The summed E-state index contributed by atoms with van der Waals surface area (Å²) in [4.78, 5) is 0. The van der Waals surface area contributed by atoms with E-state index < -0.39 is 0 Å². The second kappa shape index (κ2) is 7.11. The van der Waals surface area contributed by atoms with Gasteiger partial charge in [-0.15, -0.1) is 0 Å². The van der Waals surface area contributed by atoms with E-state index in [1.807, 2.05) is 19.1 Å². The fraction of sp³-hybridized carbons (Fsp3) is 0.333. The van der Waals surface area contributed by atoms with Crippen LogP contribution in [0.5, 0.6) is 5.75 Å². The zero-order chi connectivity index (χ0) is 14.4. The summed E-state index contributed by atoms with van der Waals surface area (Å²) in [5.41, 5.74) is 5.16. The number of hydrogen-bond donors (Lipinski definition) is 1. The molecule has 0 amide bonds. The van der Waals surface area contributed by atoms with E-state index in [0.717, 1.165) is 18.8 Å². The Morgan fingerprint density at radius 2 is 1.75 bits per heavy atom. The van der Waals surface area contributed by atoms with Crippen molar-refractivity contribution in [3.05, 3.63) is 53.6 Å². The molecule has 1 N–H and O–H groups in total. The molecule has 0 unspecified atom stereocenters. The number of benzene rings is 2. The van der Waals surface area contributed by atoms with E-state index in [-0.39, 0.29) is 0 Å². The maximum Gasteiger partial charge on any atom is 0.119 e. The Balaban J connectivity index is 2.19. The number of rotatable bonds is 6. The minimum absolute atomic E-state index is 0.706. The molecule has 0 aliphatic rings. The summed E-state index contributed by atoms with van der Waals surface area (Å²) in [5.74, 6) is 0.928. The largest absolute Gasteiger partial charge is 0.494 e. The van der Waals surface area contributed by atoms with Crippen molar-refractivity contribution in [3.63, 3.8) is 0 Å².